The van der Waals surface area contributed by atoms with Crippen molar-refractivity contribution in [1.82, 2.24) is 9.97 Å². The van der Waals surface area contributed by atoms with Crippen LogP contribution in [0.5, 0.6) is 0 Å². The Kier molecular flexibility index (Phi) is 4.84. The van der Waals surface area contributed by atoms with Crippen molar-refractivity contribution in [2.24, 2.45) is 5.92 Å². The highest BCUT2D eigenvalue weighted by atomic mass is 32.1. The largest absolute Gasteiger partial charge is 0.347 e. The van der Waals surface area contributed by atoms with Crippen LogP contribution in [0.15, 0.2) is 42.6 Å². The van der Waals surface area contributed by atoms with E-state index >= 15 is 0 Å². The van der Waals surface area contributed by atoms with E-state index in [9.17, 15) is 4.79 Å². The van der Waals surface area contributed by atoms with E-state index in [0.29, 0.717) is 6.54 Å². The van der Waals surface area contributed by atoms with Gasteiger partial charge in [0.05, 0.1) is 5.92 Å². The van der Waals surface area contributed by atoms with E-state index in [4.69, 9.17) is 0 Å². The molecule has 1 N–H and O–H groups in total. The minimum Gasteiger partial charge on any atom is -0.347 e. The third kappa shape index (κ3) is 3.55. The molecule has 0 radical (unpaired) electrons. The van der Waals surface area contributed by atoms with Gasteiger partial charge in [0.15, 0.2) is 5.13 Å². The molecule has 1 aromatic carbocycles. The number of nitrogens with zero attached hydrogens (tertiary/aromatic N) is 3. The van der Waals surface area contributed by atoms with Crippen LogP contribution >= 0.6 is 11.3 Å². The van der Waals surface area contributed by atoms with Gasteiger partial charge in [0.2, 0.25) is 5.91 Å². The molecule has 0 aliphatic carbocycles. The van der Waals surface area contributed by atoms with Crippen LogP contribution in [0.4, 0.5) is 10.8 Å². The number of nitrogens with one attached hydrogen (secondary N) is 1. The van der Waals surface area contributed by atoms with Crippen LogP contribution in [0, 0.1) is 5.92 Å². The quantitative estimate of drug-likeness (QED) is 0.755. The molecule has 1 fully saturated rings. The number of aromatic nitrogens is 2. The first-order valence-electron chi connectivity index (χ1n) is 9.09. The molecule has 1 aliphatic rings. The van der Waals surface area contributed by atoms with Gasteiger partial charge in [-0.1, -0.05) is 30.4 Å². The smallest absolute Gasteiger partial charge is 0.229 e. The second-order valence-electron chi connectivity index (χ2n) is 6.65. The zero-order chi connectivity index (χ0) is 17.9. The molecule has 26 heavy (non-hydrogen) atoms. The summed E-state index contributed by atoms with van der Waals surface area (Å²) in [6.45, 7) is 3.77. The molecule has 1 aliphatic heterocycles. The van der Waals surface area contributed by atoms with Gasteiger partial charge >= 0.3 is 0 Å². The number of thiazole rings is 1. The molecule has 0 bridgehead atoms. The van der Waals surface area contributed by atoms with Gasteiger partial charge in [-0.3, -0.25) is 4.79 Å². The summed E-state index contributed by atoms with van der Waals surface area (Å²) in [5.41, 5.74) is 3.07. The van der Waals surface area contributed by atoms with Crippen molar-refractivity contribution < 1.29 is 4.79 Å². The zero-order valence-corrected chi connectivity index (χ0v) is 15.6. The number of carbonyl (C=O) groups is 1. The molecule has 6 heteroatoms. The summed E-state index contributed by atoms with van der Waals surface area (Å²) < 4.78 is 0. The predicted octanol–water partition coefficient (Wildman–Crippen LogP) is 4.11. The maximum absolute atomic E-state index is 12.7. The van der Waals surface area contributed by atoms with Crippen LogP contribution in [0.2, 0.25) is 0 Å². The fourth-order valence-electron chi connectivity index (χ4n) is 3.33. The second kappa shape index (κ2) is 7.41. The number of pyridine rings is 1. The van der Waals surface area contributed by atoms with Gasteiger partial charge in [-0.05, 0) is 49.1 Å². The number of benzene rings is 1. The van der Waals surface area contributed by atoms with Crippen LogP contribution < -0.4 is 10.2 Å². The monoisotopic (exact) mass is 366 g/mol. The molecule has 0 saturated carbocycles. The minimum atomic E-state index is -0.0189. The lowest BCUT2D eigenvalue weighted by Gasteiger charge is -2.31. The van der Waals surface area contributed by atoms with Gasteiger partial charge in [0.25, 0.3) is 0 Å². The van der Waals surface area contributed by atoms with Gasteiger partial charge in [-0.25, -0.2) is 9.97 Å². The molecule has 2 aromatic heterocycles. The zero-order valence-electron chi connectivity index (χ0n) is 14.8. The van der Waals surface area contributed by atoms with Crippen LogP contribution in [0.1, 0.15) is 25.3 Å². The molecule has 1 amide bonds. The molecule has 3 heterocycles. The molecule has 3 aromatic rings. The number of rotatable bonds is 4. The van der Waals surface area contributed by atoms with E-state index in [-0.39, 0.29) is 11.8 Å². The van der Waals surface area contributed by atoms with Crippen molar-refractivity contribution in [1.29, 1.82) is 0 Å². The number of carbonyl (C=O) groups excluding carboxylic acids is 1. The maximum atomic E-state index is 12.7. The van der Waals surface area contributed by atoms with Gasteiger partial charge in [-0.2, -0.15) is 0 Å². The summed E-state index contributed by atoms with van der Waals surface area (Å²) in [4.78, 5) is 24.9. The number of aryl methyl sites for hydroxylation is 1. The molecule has 4 rings (SSSR count). The number of amides is 1. The van der Waals surface area contributed by atoms with Crippen LogP contribution in [-0.2, 0) is 11.2 Å². The van der Waals surface area contributed by atoms with Crippen molar-refractivity contribution in [2.75, 3.05) is 23.3 Å². The number of hydrogen-bond donors (Lipinski definition) is 1. The van der Waals surface area contributed by atoms with Crippen molar-refractivity contribution in [2.45, 2.75) is 26.2 Å². The Morgan fingerprint density at radius 2 is 2.15 bits per heavy atom. The van der Waals surface area contributed by atoms with E-state index in [0.717, 1.165) is 47.0 Å². The normalized spacial score (nSPS) is 17.4. The van der Waals surface area contributed by atoms with Crippen LogP contribution in [-0.4, -0.2) is 29.0 Å². The lowest BCUT2D eigenvalue weighted by molar-refractivity contribution is -0.120. The lowest BCUT2D eigenvalue weighted by Crippen LogP contribution is -2.40. The first-order valence-corrected chi connectivity index (χ1v) is 9.91. The summed E-state index contributed by atoms with van der Waals surface area (Å²) in [6, 6.07) is 12.0. The van der Waals surface area contributed by atoms with Crippen molar-refractivity contribution >= 4 is 38.4 Å². The van der Waals surface area contributed by atoms with E-state index in [1.165, 1.54) is 5.56 Å². The number of anilines is 2. The van der Waals surface area contributed by atoms with Crippen LogP contribution in [0.25, 0.3) is 10.3 Å². The third-order valence-electron chi connectivity index (χ3n) is 4.85. The first kappa shape index (κ1) is 17.0. The SMILES string of the molecule is CCc1ccc(NC(=O)[C@@H]2CCCN(c3nc4cccnc4s3)C2)cc1. The Hall–Kier alpha value is -2.47. The van der Waals surface area contributed by atoms with Gasteiger partial charge in [-0.15, -0.1) is 0 Å². The van der Waals surface area contributed by atoms with Crippen molar-refractivity contribution in [3.05, 3.63) is 48.2 Å². The topological polar surface area (TPSA) is 58.1 Å². The maximum Gasteiger partial charge on any atom is 0.229 e. The Morgan fingerprint density at radius 3 is 2.92 bits per heavy atom. The van der Waals surface area contributed by atoms with E-state index < -0.39 is 0 Å². The summed E-state index contributed by atoms with van der Waals surface area (Å²) >= 11 is 1.60. The Labute approximate surface area is 157 Å². The third-order valence-corrected chi connectivity index (χ3v) is 5.89. The summed E-state index contributed by atoms with van der Waals surface area (Å²) in [5.74, 6) is 0.0766. The Balaban J connectivity index is 1.44. The number of fused-ring (bicyclic) bond motifs is 1. The first-order chi connectivity index (χ1) is 12.7. The van der Waals surface area contributed by atoms with Crippen molar-refractivity contribution in [3.63, 3.8) is 0 Å². The molecule has 0 spiro atoms. The molecule has 5 nitrogen and oxygen atoms in total. The standard InChI is InChI=1S/C20H22N4OS/c1-2-14-7-9-16(10-8-14)22-18(25)15-5-4-12-24(13-15)20-23-17-6-3-11-21-19(17)26-20/h3,6-11,15H,2,4-5,12-13H2,1H3,(H,22,25)/t15-/m1/s1. The fourth-order valence-corrected chi connectivity index (χ4v) is 4.27. The molecule has 1 saturated heterocycles. The summed E-state index contributed by atoms with van der Waals surface area (Å²) in [7, 11) is 0. The van der Waals surface area contributed by atoms with Gasteiger partial charge in [0, 0.05) is 25.0 Å². The van der Waals surface area contributed by atoms with Crippen molar-refractivity contribution in [3.8, 4) is 0 Å². The number of piperidine rings is 1. The van der Waals surface area contributed by atoms with E-state index in [1.54, 1.807) is 17.5 Å². The molecule has 134 valence electrons. The Bertz CT molecular complexity index is 873. The molecule has 1 atom stereocenters. The molecular formula is C20H22N4OS. The highest BCUT2D eigenvalue weighted by Crippen LogP contribution is 2.30. The van der Waals surface area contributed by atoms with E-state index in [1.807, 2.05) is 24.3 Å². The highest BCUT2D eigenvalue weighted by molar-refractivity contribution is 7.21. The highest BCUT2D eigenvalue weighted by Gasteiger charge is 2.27. The average molecular weight is 366 g/mol. The predicted molar refractivity (Wildman–Crippen MR) is 107 cm³/mol. The lowest BCUT2D eigenvalue weighted by atomic mass is 9.97. The molecular weight excluding hydrogens is 344 g/mol. The van der Waals surface area contributed by atoms with E-state index in [2.05, 4.69) is 39.2 Å². The average Bonchev–Trinajstić information content (AvgIpc) is 3.13. The minimum absolute atomic E-state index is 0.0189. The van der Waals surface area contributed by atoms with Gasteiger partial charge in [0.1, 0.15) is 10.3 Å². The number of hydrogen-bond acceptors (Lipinski definition) is 5. The fraction of sp³-hybridized carbons (Fsp3) is 0.350. The summed E-state index contributed by atoms with van der Waals surface area (Å²) in [5, 5.41) is 4.03. The summed E-state index contributed by atoms with van der Waals surface area (Å²) in [6.07, 6.45) is 4.71. The molecule has 0 unspecified atom stereocenters. The van der Waals surface area contributed by atoms with Crippen LogP contribution in [0.3, 0.4) is 0 Å². The Morgan fingerprint density at radius 1 is 1.31 bits per heavy atom. The van der Waals surface area contributed by atoms with Gasteiger partial charge < -0.3 is 10.2 Å². The second-order valence-corrected chi connectivity index (χ2v) is 7.60.